The minimum absolute atomic E-state index is 0.117. The Morgan fingerprint density at radius 1 is 1.10 bits per heavy atom. The van der Waals surface area contributed by atoms with Crippen LogP contribution in [0.5, 0.6) is 0 Å². The van der Waals surface area contributed by atoms with Crippen molar-refractivity contribution in [2.24, 2.45) is 5.73 Å². The van der Waals surface area contributed by atoms with Crippen molar-refractivity contribution in [1.29, 1.82) is 0 Å². The van der Waals surface area contributed by atoms with Crippen LogP contribution < -0.4 is 11.1 Å². The standard InChI is InChI=1S/C21H23F3N2O4S/c22-13-6-12(7-14(23)17(13)24)15(25)8-26-18-19(28)16(9-27)30-21(20(18)29)31-10-11-4-2-1-3-5-11/h1-8,16,18-21,26-29H,9-10,25H2/b15-8-. The van der Waals surface area contributed by atoms with E-state index in [0.717, 1.165) is 23.9 Å². The summed E-state index contributed by atoms with van der Waals surface area (Å²) in [6, 6.07) is 9.96. The van der Waals surface area contributed by atoms with Crippen LogP contribution in [0.3, 0.4) is 0 Å². The molecule has 1 heterocycles. The molecular weight excluding hydrogens is 433 g/mol. The van der Waals surface area contributed by atoms with E-state index in [4.69, 9.17) is 10.5 Å². The van der Waals surface area contributed by atoms with Crippen LogP contribution in [0.1, 0.15) is 11.1 Å². The number of halogens is 3. The first kappa shape index (κ1) is 23.4. The minimum atomic E-state index is -1.61. The van der Waals surface area contributed by atoms with Crippen LogP contribution in [0.25, 0.3) is 5.70 Å². The lowest BCUT2D eigenvalue weighted by Crippen LogP contribution is -2.62. The van der Waals surface area contributed by atoms with Crippen LogP contribution >= 0.6 is 11.8 Å². The van der Waals surface area contributed by atoms with E-state index in [0.29, 0.717) is 5.75 Å². The van der Waals surface area contributed by atoms with Gasteiger partial charge in [-0.1, -0.05) is 30.3 Å². The molecule has 0 aliphatic carbocycles. The number of aliphatic hydroxyl groups excluding tert-OH is 3. The van der Waals surface area contributed by atoms with Crippen molar-refractivity contribution in [1.82, 2.24) is 5.32 Å². The molecule has 0 spiro atoms. The maximum absolute atomic E-state index is 13.4. The topological polar surface area (TPSA) is 108 Å². The maximum atomic E-state index is 13.4. The third-order valence-electron chi connectivity index (χ3n) is 4.89. The summed E-state index contributed by atoms with van der Waals surface area (Å²) in [7, 11) is 0. The first-order valence-electron chi connectivity index (χ1n) is 9.46. The fourth-order valence-corrected chi connectivity index (χ4v) is 4.30. The van der Waals surface area contributed by atoms with E-state index in [1.165, 1.54) is 11.8 Å². The first-order valence-corrected chi connectivity index (χ1v) is 10.5. The van der Waals surface area contributed by atoms with Gasteiger partial charge in [-0.25, -0.2) is 13.2 Å². The Hall–Kier alpha value is -2.24. The van der Waals surface area contributed by atoms with E-state index in [2.05, 4.69) is 5.32 Å². The molecule has 1 fully saturated rings. The number of benzene rings is 2. The second-order valence-electron chi connectivity index (χ2n) is 7.05. The van der Waals surface area contributed by atoms with E-state index < -0.39 is 53.8 Å². The van der Waals surface area contributed by atoms with Crippen molar-refractivity contribution in [2.75, 3.05) is 6.61 Å². The lowest BCUT2D eigenvalue weighted by atomic mass is 9.97. The normalized spacial score (nSPS) is 26.6. The molecule has 2 aromatic carbocycles. The monoisotopic (exact) mass is 456 g/mol. The Bertz CT molecular complexity index is 896. The molecule has 5 atom stereocenters. The summed E-state index contributed by atoms with van der Waals surface area (Å²) in [5.41, 5.74) is 5.80. The summed E-state index contributed by atoms with van der Waals surface area (Å²) < 4.78 is 45.7. The predicted octanol–water partition coefficient (Wildman–Crippen LogP) is 1.69. The molecule has 1 aliphatic heterocycles. The zero-order valence-electron chi connectivity index (χ0n) is 16.3. The van der Waals surface area contributed by atoms with Gasteiger partial charge in [0.2, 0.25) is 0 Å². The Kier molecular flexibility index (Phi) is 7.84. The van der Waals surface area contributed by atoms with Crippen molar-refractivity contribution < 1.29 is 33.2 Å². The van der Waals surface area contributed by atoms with Gasteiger partial charge in [0.15, 0.2) is 17.5 Å². The SMILES string of the molecule is N/C(=C\NC1C(O)C(CO)OC(SCc2ccccc2)C1O)c1cc(F)c(F)c(F)c1. The minimum Gasteiger partial charge on any atom is -0.397 e. The van der Waals surface area contributed by atoms with Crippen molar-refractivity contribution in [3.05, 3.63) is 77.2 Å². The molecule has 31 heavy (non-hydrogen) atoms. The summed E-state index contributed by atoms with van der Waals surface area (Å²) in [6.07, 6.45) is -2.30. The Morgan fingerprint density at radius 3 is 2.35 bits per heavy atom. The zero-order valence-corrected chi connectivity index (χ0v) is 17.1. The molecule has 168 valence electrons. The number of aliphatic hydroxyl groups is 3. The molecule has 0 amide bonds. The van der Waals surface area contributed by atoms with Crippen LogP contribution in [-0.2, 0) is 10.5 Å². The van der Waals surface area contributed by atoms with Crippen LogP contribution in [-0.4, -0.2) is 51.7 Å². The molecule has 0 saturated carbocycles. The average Bonchev–Trinajstić information content (AvgIpc) is 2.77. The van der Waals surface area contributed by atoms with Gasteiger partial charge in [0.05, 0.1) is 18.3 Å². The van der Waals surface area contributed by atoms with Crippen LogP contribution in [0.4, 0.5) is 13.2 Å². The van der Waals surface area contributed by atoms with Gasteiger partial charge in [-0.05, 0) is 17.7 Å². The van der Waals surface area contributed by atoms with Gasteiger partial charge in [-0.3, -0.25) is 0 Å². The van der Waals surface area contributed by atoms with Gasteiger partial charge in [0.25, 0.3) is 0 Å². The van der Waals surface area contributed by atoms with Crippen molar-refractivity contribution in [2.45, 2.75) is 35.5 Å². The summed E-state index contributed by atoms with van der Waals surface area (Å²) in [5.74, 6) is -3.87. The number of thioether (sulfide) groups is 1. The number of rotatable bonds is 7. The van der Waals surface area contributed by atoms with Crippen LogP contribution in [0, 0.1) is 17.5 Å². The van der Waals surface area contributed by atoms with E-state index in [-0.39, 0.29) is 11.3 Å². The van der Waals surface area contributed by atoms with Gasteiger partial charge in [0.1, 0.15) is 23.7 Å². The summed E-state index contributed by atoms with van der Waals surface area (Å²) in [5, 5.41) is 33.4. The number of nitrogens with one attached hydrogen (secondary N) is 1. The molecular formula is C21H23F3N2O4S. The predicted molar refractivity (Wildman–Crippen MR) is 111 cm³/mol. The zero-order chi connectivity index (χ0) is 22.5. The third-order valence-corrected chi connectivity index (χ3v) is 6.11. The molecule has 6 N–H and O–H groups in total. The van der Waals surface area contributed by atoms with E-state index in [1.807, 2.05) is 30.3 Å². The lowest BCUT2D eigenvalue weighted by molar-refractivity contribution is -0.164. The van der Waals surface area contributed by atoms with Gasteiger partial charge in [0, 0.05) is 17.5 Å². The van der Waals surface area contributed by atoms with Gasteiger partial charge in [-0.2, -0.15) is 0 Å². The maximum Gasteiger partial charge on any atom is 0.194 e. The molecule has 0 aromatic heterocycles. The quantitative estimate of drug-likeness (QED) is 0.404. The molecule has 3 rings (SSSR count). The van der Waals surface area contributed by atoms with E-state index in [1.54, 1.807) is 0 Å². The number of hydrogen-bond donors (Lipinski definition) is 5. The Morgan fingerprint density at radius 2 is 1.74 bits per heavy atom. The van der Waals surface area contributed by atoms with E-state index in [9.17, 15) is 28.5 Å². The number of nitrogens with two attached hydrogens (primary N) is 1. The fourth-order valence-electron chi connectivity index (χ4n) is 3.17. The molecule has 1 saturated heterocycles. The van der Waals surface area contributed by atoms with Crippen molar-refractivity contribution in [3.63, 3.8) is 0 Å². The third kappa shape index (κ3) is 5.52. The molecule has 1 aliphatic rings. The smallest absolute Gasteiger partial charge is 0.194 e. The second-order valence-corrected chi connectivity index (χ2v) is 8.14. The molecule has 0 bridgehead atoms. The highest BCUT2D eigenvalue weighted by Gasteiger charge is 2.44. The Labute approximate surface area is 181 Å². The second kappa shape index (κ2) is 10.4. The average molecular weight is 456 g/mol. The summed E-state index contributed by atoms with van der Waals surface area (Å²) in [4.78, 5) is 0. The van der Waals surface area contributed by atoms with E-state index >= 15 is 0 Å². The fraction of sp³-hybridized carbons (Fsp3) is 0.333. The molecule has 5 unspecified atom stereocenters. The highest BCUT2D eigenvalue weighted by atomic mass is 32.2. The number of ether oxygens (including phenoxy) is 1. The largest absolute Gasteiger partial charge is 0.397 e. The first-order chi connectivity index (χ1) is 14.8. The summed E-state index contributed by atoms with van der Waals surface area (Å²) >= 11 is 1.29. The van der Waals surface area contributed by atoms with Gasteiger partial charge >= 0.3 is 0 Å². The summed E-state index contributed by atoms with van der Waals surface area (Å²) in [6.45, 7) is -0.484. The van der Waals surface area contributed by atoms with Crippen LogP contribution in [0.2, 0.25) is 0 Å². The van der Waals surface area contributed by atoms with Gasteiger partial charge in [-0.15, -0.1) is 11.8 Å². The van der Waals surface area contributed by atoms with Crippen molar-refractivity contribution >= 4 is 17.5 Å². The molecule has 10 heteroatoms. The molecule has 6 nitrogen and oxygen atoms in total. The highest BCUT2D eigenvalue weighted by Crippen LogP contribution is 2.30. The molecule has 2 aromatic rings. The highest BCUT2D eigenvalue weighted by molar-refractivity contribution is 7.99. The van der Waals surface area contributed by atoms with Gasteiger partial charge < -0.3 is 31.1 Å². The van der Waals surface area contributed by atoms with Crippen LogP contribution in [0.15, 0.2) is 48.7 Å². The Balaban J connectivity index is 1.73. The van der Waals surface area contributed by atoms with Crippen molar-refractivity contribution in [3.8, 4) is 0 Å². The molecule has 0 radical (unpaired) electrons. The lowest BCUT2D eigenvalue weighted by Gasteiger charge is -2.42. The number of hydrogen-bond acceptors (Lipinski definition) is 7.